The zero-order valence-corrected chi connectivity index (χ0v) is 17.9. The summed E-state index contributed by atoms with van der Waals surface area (Å²) in [5.74, 6) is -0.514. The maximum atomic E-state index is 12.6. The highest BCUT2D eigenvalue weighted by Crippen LogP contribution is 2.24. The van der Waals surface area contributed by atoms with Crippen LogP contribution in [0, 0.1) is 6.92 Å². The van der Waals surface area contributed by atoms with E-state index >= 15 is 0 Å². The van der Waals surface area contributed by atoms with Gasteiger partial charge in [-0.05, 0) is 38.1 Å². The van der Waals surface area contributed by atoms with E-state index in [0.29, 0.717) is 5.56 Å². The minimum Gasteiger partial charge on any atom is -0.454 e. The fourth-order valence-corrected chi connectivity index (χ4v) is 4.13. The van der Waals surface area contributed by atoms with E-state index in [9.17, 15) is 13.2 Å². The quantitative estimate of drug-likeness (QED) is 0.508. The standard InChI is InChI=1S/C21H26N2O6S/c1-14-9-11-17(12-10-14)30(25,26)23-22-18-13-19(27-3)28-15(2)20(18)29-21(24)16-7-5-4-6-8-16/h4-12,15,18-20,22-23H,13H2,1-3H3/t15-,18+,19+,20-/m1/s1. The molecule has 0 radical (unpaired) electrons. The molecule has 0 unspecified atom stereocenters. The topological polar surface area (TPSA) is 103 Å². The van der Waals surface area contributed by atoms with Gasteiger partial charge in [0.2, 0.25) is 0 Å². The summed E-state index contributed by atoms with van der Waals surface area (Å²) >= 11 is 0. The normalized spacial score (nSPS) is 24.4. The highest BCUT2D eigenvalue weighted by Gasteiger charge is 2.40. The first kappa shape index (κ1) is 22.4. The first-order valence-electron chi connectivity index (χ1n) is 9.58. The number of hydrazine groups is 1. The minimum atomic E-state index is -3.81. The van der Waals surface area contributed by atoms with Crippen LogP contribution in [0.15, 0.2) is 59.5 Å². The second-order valence-electron chi connectivity index (χ2n) is 7.15. The third-order valence-electron chi connectivity index (χ3n) is 4.90. The van der Waals surface area contributed by atoms with E-state index in [-0.39, 0.29) is 11.3 Å². The van der Waals surface area contributed by atoms with Gasteiger partial charge in [-0.2, -0.15) is 0 Å². The maximum Gasteiger partial charge on any atom is 0.338 e. The van der Waals surface area contributed by atoms with Crippen molar-refractivity contribution in [2.75, 3.05) is 7.11 Å². The molecule has 162 valence electrons. The Morgan fingerprint density at radius 2 is 1.77 bits per heavy atom. The van der Waals surface area contributed by atoms with Crippen LogP contribution in [0.4, 0.5) is 0 Å². The van der Waals surface area contributed by atoms with Crippen LogP contribution in [-0.4, -0.2) is 46.0 Å². The average molecular weight is 435 g/mol. The van der Waals surface area contributed by atoms with E-state index in [0.717, 1.165) is 5.56 Å². The predicted octanol–water partition coefficient (Wildman–Crippen LogP) is 2.15. The molecule has 0 aromatic heterocycles. The summed E-state index contributed by atoms with van der Waals surface area (Å²) in [6, 6.07) is 14.5. The molecule has 3 rings (SSSR count). The first-order chi connectivity index (χ1) is 14.3. The van der Waals surface area contributed by atoms with E-state index in [4.69, 9.17) is 14.2 Å². The van der Waals surface area contributed by atoms with Gasteiger partial charge >= 0.3 is 5.97 Å². The number of carbonyl (C=O) groups is 1. The molecule has 2 N–H and O–H groups in total. The van der Waals surface area contributed by atoms with Gasteiger partial charge in [0.25, 0.3) is 10.0 Å². The van der Waals surface area contributed by atoms with Crippen molar-refractivity contribution in [3.8, 4) is 0 Å². The highest BCUT2D eigenvalue weighted by molar-refractivity contribution is 7.89. The van der Waals surface area contributed by atoms with E-state index in [1.165, 1.54) is 19.2 Å². The first-order valence-corrected chi connectivity index (χ1v) is 11.1. The monoisotopic (exact) mass is 434 g/mol. The van der Waals surface area contributed by atoms with Crippen molar-refractivity contribution in [1.29, 1.82) is 0 Å². The molecular formula is C21H26N2O6S. The molecule has 1 aliphatic heterocycles. The molecule has 2 aromatic rings. The number of benzene rings is 2. The van der Waals surface area contributed by atoms with Crippen molar-refractivity contribution in [2.45, 2.75) is 49.7 Å². The Hall–Kier alpha value is -2.30. The number of esters is 1. The number of methoxy groups -OCH3 is 1. The molecule has 1 heterocycles. The van der Waals surface area contributed by atoms with E-state index in [1.54, 1.807) is 49.4 Å². The Balaban J connectivity index is 1.74. The molecule has 1 aliphatic rings. The van der Waals surface area contributed by atoms with Crippen LogP contribution in [0.3, 0.4) is 0 Å². The second kappa shape index (κ2) is 9.67. The van der Waals surface area contributed by atoms with E-state index < -0.39 is 40.5 Å². The Kier molecular flexibility index (Phi) is 7.22. The lowest BCUT2D eigenvalue weighted by Gasteiger charge is -2.39. The van der Waals surface area contributed by atoms with Crippen molar-refractivity contribution < 1.29 is 27.4 Å². The van der Waals surface area contributed by atoms with Gasteiger partial charge in [0.05, 0.1) is 22.6 Å². The lowest BCUT2D eigenvalue weighted by molar-refractivity contribution is -0.215. The molecule has 1 fully saturated rings. The van der Waals surface area contributed by atoms with Gasteiger partial charge < -0.3 is 14.2 Å². The van der Waals surface area contributed by atoms with Gasteiger partial charge in [-0.1, -0.05) is 35.9 Å². The molecule has 0 amide bonds. The number of aryl methyl sites for hydroxylation is 1. The summed E-state index contributed by atoms with van der Waals surface area (Å²) in [6.45, 7) is 3.62. The smallest absolute Gasteiger partial charge is 0.338 e. The number of hydrogen-bond acceptors (Lipinski definition) is 7. The van der Waals surface area contributed by atoms with Crippen LogP contribution in [0.2, 0.25) is 0 Å². The van der Waals surface area contributed by atoms with Gasteiger partial charge in [-0.15, -0.1) is 4.83 Å². The minimum absolute atomic E-state index is 0.127. The Morgan fingerprint density at radius 3 is 2.40 bits per heavy atom. The molecule has 0 spiro atoms. The predicted molar refractivity (Wildman–Crippen MR) is 110 cm³/mol. The number of hydrogen-bond donors (Lipinski definition) is 2. The summed E-state index contributed by atoms with van der Waals surface area (Å²) in [5.41, 5.74) is 4.16. The van der Waals surface area contributed by atoms with Crippen LogP contribution >= 0.6 is 0 Å². The molecule has 0 saturated carbocycles. The molecule has 1 saturated heterocycles. The highest BCUT2D eigenvalue weighted by atomic mass is 32.2. The SMILES string of the molecule is CO[C@@H]1C[C@H](NNS(=O)(=O)c2ccc(C)cc2)[C@H](OC(=O)c2ccccc2)[C@@H](C)O1. The molecule has 0 aliphatic carbocycles. The van der Waals surface area contributed by atoms with Crippen LogP contribution < -0.4 is 10.3 Å². The summed E-state index contributed by atoms with van der Waals surface area (Å²) < 4.78 is 41.9. The summed E-state index contributed by atoms with van der Waals surface area (Å²) in [4.78, 5) is 15.1. The van der Waals surface area contributed by atoms with Crippen molar-refractivity contribution in [3.05, 3.63) is 65.7 Å². The van der Waals surface area contributed by atoms with Gasteiger partial charge in [-0.25, -0.2) is 18.6 Å². The lowest BCUT2D eigenvalue weighted by Crippen LogP contribution is -2.59. The average Bonchev–Trinajstić information content (AvgIpc) is 2.74. The molecule has 4 atom stereocenters. The van der Waals surface area contributed by atoms with Crippen molar-refractivity contribution in [1.82, 2.24) is 10.3 Å². The van der Waals surface area contributed by atoms with Crippen LogP contribution in [0.1, 0.15) is 29.3 Å². The third-order valence-corrected chi connectivity index (χ3v) is 6.18. The fraction of sp³-hybridized carbons (Fsp3) is 0.381. The molecule has 8 nitrogen and oxygen atoms in total. The summed E-state index contributed by atoms with van der Waals surface area (Å²) in [5, 5.41) is 0. The van der Waals surface area contributed by atoms with Crippen molar-refractivity contribution in [3.63, 3.8) is 0 Å². The Labute approximate surface area is 176 Å². The Morgan fingerprint density at radius 1 is 1.10 bits per heavy atom. The number of carbonyl (C=O) groups excluding carboxylic acids is 1. The van der Waals surface area contributed by atoms with Crippen molar-refractivity contribution in [2.24, 2.45) is 0 Å². The number of nitrogens with one attached hydrogen (secondary N) is 2. The van der Waals surface area contributed by atoms with Gasteiger partial charge in [0.1, 0.15) is 6.10 Å². The maximum absolute atomic E-state index is 12.6. The van der Waals surface area contributed by atoms with Crippen LogP contribution in [0.5, 0.6) is 0 Å². The lowest BCUT2D eigenvalue weighted by atomic mass is 10.00. The number of sulfonamides is 1. The van der Waals surface area contributed by atoms with E-state index in [2.05, 4.69) is 10.3 Å². The molecule has 30 heavy (non-hydrogen) atoms. The van der Waals surface area contributed by atoms with Crippen molar-refractivity contribution >= 4 is 16.0 Å². The molecular weight excluding hydrogens is 408 g/mol. The molecule has 9 heteroatoms. The largest absolute Gasteiger partial charge is 0.454 e. The second-order valence-corrected chi connectivity index (χ2v) is 8.83. The third kappa shape index (κ3) is 5.44. The zero-order valence-electron chi connectivity index (χ0n) is 17.1. The van der Waals surface area contributed by atoms with Crippen LogP contribution in [-0.2, 0) is 24.2 Å². The summed E-state index contributed by atoms with van der Waals surface area (Å²) in [7, 11) is -2.30. The van der Waals surface area contributed by atoms with Gasteiger partial charge in [0.15, 0.2) is 6.29 Å². The van der Waals surface area contributed by atoms with Gasteiger partial charge in [0, 0.05) is 13.5 Å². The Bertz CT molecular complexity index is 949. The number of rotatable bonds is 7. The van der Waals surface area contributed by atoms with Gasteiger partial charge in [-0.3, -0.25) is 0 Å². The number of ether oxygens (including phenoxy) is 3. The zero-order chi connectivity index (χ0) is 21.7. The van der Waals surface area contributed by atoms with E-state index in [1.807, 2.05) is 6.92 Å². The summed E-state index contributed by atoms with van der Waals surface area (Å²) in [6.07, 6.45) is -1.53. The molecule has 2 aromatic carbocycles. The molecule has 0 bridgehead atoms. The van der Waals surface area contributed by atoms with Crippen LogP contribution in [0.25, 0.3) is 0 Å². The fourth-order valence-electron chi connectivity index (χ4n) is 3.21.